The van der Waals surface area contributed by atoms with Crippen LogP contribution in [0.15, 0.2) is 23.1 Å². The molecule has 0 N–H and O–H groups in total. The molecule has 0 bridgehead atoms. The smallest absolute Gasteiger partial charge is 0.314 e. The van der Waals surface area contributed by atoms with E-state index >= 15 is 0 Å². The van der Waals surface area contributed by atoms with Gasteiger partial charge in [0, 0.05) is 6.07 Å². The Morgan fingerprint density at radius 1 is 1.16 bits per heavy atom. The van der Waals surface area contributed by atoms with Crippen LogP contribution >= 0.6 is 21.8 Å². The number of carbonyl (C=O) groups excluding carboxylic acids is 1. The zero-order valence-corrected chi connectivity index (χ0v) is 15.2. The van der Waals surface area contributed by atoms with Gasteiger partial charge in [-0.1, -0.05) is 50.8 Å². The van der Waals surface area contributed by atoms with Crippen LogP contribution < -0.4 is 4.74 Å². The Hall–Kier alpha value is -1.02. The van der Waals surface area contributed by atoms with Crippen molar-refractivity contribution in [1.82, 2.24) is 0 Å². The summed E-state index contributed by atoms with van der Waals surface area (Å²) in [5.41, 5.74) is 0. The fraction of sp³-hybridized carbons (Fsp3) is 0.562. The first-order valence-corrected chi connectivity index (χ1v) is 10.4. The molecule has 0 radical (unpaired) electrons. The van der Waals surface area contributed by atoms with Gasteiger partial charge in [0.15, 0.2) is 0 Å². The highest BCUT2D eigenvalue weighted by Crippen LogP contribution is 3.02. The Balaban J connectivity index is 2.05. The minimum absolute atomic E-state index is 0.157. The van der Waals surface area contributed by atoms with Crippen molar-refractivity contribution < 1.29 is 29.0 Å². The van der Waals surface area contributed by atoms with E-state index < -0.39 is 26.1 Å². The van der Waals surface area contributed by atoms with Gasteiger partial charge < -0.3 is 4.74 Å². The molecule has 0 aromatic heterocycles. The van der Waals surface area contributed by atoms with Gasteiger partial charge in [0.25, 0.3) is 0 Å². The topological polar surface area (TPSA) is 26.3 Å². The third-order valence-corrected chi connectivity index (χ3v) is 6.03. The van der Waals surface area contributed by atoms with E-state index in [1.54, 1.807) is 0 Å². The molecular weight excluding hydrogens is 387 g/mol. The average Bonchev–Trinajstić information content (AvgIpc) is 2.45. The average molecular weight is 407 g/mol. The number of esters is 1. The van der Waals surface area contributed by atoms with Crippen molar-refractivity contribution in [1.29, 1.82) is 0 Å². The van der Waals surface area contributed by atoms with Crippen molar-refractivity contribution in [2.45, 2.75) is 50.3 Å². The Morgan fingerprint density at radius 2 is 1.76 bits per heavy atom. The highest BCUT2D eigenvalue weighted by atomic mass is 35.5. The molecule has 2 rings (SSSR count). The van der Waals surface area contributed by atoms with E-state index in [2.05, 4.69) is 6.92 Å². The van der Waals surface area contributed by atoms with E-state index in [1.807, 2.05) is 0 Å². The first-order valence-electron chi connectivity index (χ1n) is 8.05. The van der Waals surface area contributed by atoms with Crippen LogP contribution in [0, 0.1) is 11.8 Å². The van der Waals surface area contributed by atoms with Crippen LogP contribution in [0.3, 0.4) is 0 Å². The number of benzene rings is 1. The van der Waals surface area contributed by atoms with Crippen LogP contribution in [-0.2, 0) is 4.79 Å². The maximum atomic E-state index is 12.8. The summed E-state index contributed by atoms with van der Waals surface area (Å²) in [7, 11) is -9.87. The molecule has 0 amide bonds. The van der Waals surface area contributed by atoms with Crippen molar-refractivity contribution in [3.63, 3.8) is 0 Å². The quantitative estimate of drug-likeness (QED) is 0.287. The zero-order valence-electron chi connectivity index (χ0n) is 13.6. The molecule has 0 aliphatic heterocycles. The van der Waals surface area contributed by atoms with Gasteiger partial charge in [-0.25, -0.2) is 0 Å². The molecule has 1 aromatic carbocycles. The molecule has 0 spiro atoms. The van der Waals surface area contributed by atoms with E-state index in [-0.39, 0.29) is 17.7 Å². The number of hydrogen-bond donors (Lipinski definition) is 0. The third-order valence-electron chi connectivity index (χ3n) is 4.41. The van der Waals surface area contributed by atoms with Crippen LogP contribution in [-0.4, -0.2) is 5.97 Å². The first-order chi connectivity index (χ1) is 11.3. The van der Waals surface area contributed by atoms with Gasteiger partial charge in [0.1, 0.15) is 10.6 Å². The van der Waals surface area contributed by atoms with Gasteiger partial charge >= 0.3 is 16.2 Å². The summed E-state index contributed by atoms with van der Waals surface area (Å²) in [5, 5.41) is -1.18. The van der Waals surface area contributed by atoms with Crippen LogP contribution in [0.5, 0.6) is 5.75 Å². The van der Waals surface area contributed by atoms with Gasteiger partial charge in [0.05, 0.1) is 10.9 Å². The SMILES string of the molecule is CCCC1CCC(C(=O)Oc2ccc(S(F)(F)(F)(F)F)c(Cl)c2)CC1. The lowest BCUT2D eigenvalue weighted by Gasteiger charge is -2.41. The van der Waals surface area contributed by atoms with Gasteiger partial charge in [-0.05, 0) is 43.7 Å². The Morgan fingerprint density at radius 3 is 2.24 bits per heavy atom. The van der Waals surface area contributed by atoms with E-state index in [0.29, 0.717) is 30.9 Å². The molecule has 1 aliphatic rings. The lowest BCUT2D eigenvalue weighted by molar-refractivity contribution is -0.140. The predicted molar refractivity (Wildman–Crippen MR) is 88.8 cm³/mol. The molecule has 1 aliphatic carbocycles. The summed E-state index contributed by atoms with van der Waals surface area (Å²) < 4.78 is 69.0. The molecule has 0 heterocycles. The van der Waals surface area contributed by atoms with E-state index in [0.717, 1.165) is 25.7 Å². The maximum Gasteiger partial charge on any atom is 0.314 e. The largest absolute Gasteiger partial charge is 0.426 e. The van der Waals surface area contributed by atoms with E-state index in [1.165, 1.54) is 0 Å². The monoisotopic (exact) mass is 406 g/mol. The molecular formula is C16H20ClF5O2S. The fourth-order valence-electron chi connectivity index (χ4n) is 3.15. The molecule has 2 nitrogen and oxygen atoms in total. The summed E-state index contributed by atoms with van der Waals surface area (Å²) in [5.74, 6) is -0.579. The van der Waals surface area contributed by atoms with Gasteiger partial charge in [-0.2, -0.15) is 0 Å². The maximum absolute atomic E-state index is 12.8. The number of rotatable bonds is 5. The molecule has 25 heavy (non-hydrogen) atoms. The second kappa shape index (κ2) is 6.30. The summed E-state index contributed by atoms with van der Waals surface area (Å²) in [6.45, 7) is 2.10. The molecule has 0 unspecified atom stereocenters. The number of halogens is 6. The van der Waals surface area contributed by atoms with Crippen LogP contribution in [0.4, 0.5) is 19.4 Å². The van der Waals surface area contributed by atoms with E-state index in [9.17, 15) is 24.2 Å². The summed E-state index contributed by atoms with van der Waals surface area (Å²) >= 11 is 5.35. The van der Waals surface area contributed by atoms with Gasteiger partial charge in [0.2, 0.25) is 0 Å². The molecule has 0 atom stereocenters. The molecule has 9 heteroatoms. The van der Waals surface area contributed by atoms with Crippen molar-refractivity contribution in [3.05, 3.63) is 23.2 Å². The molecule has 0 saturated heterocycles. The van der Waals surface area contributed by atoms with Crippen molar-refractivity contribution >= 4 is 27.8 Å². The second-order valence-electron chi connectivity index (χ2n) is 6.49. The van der Waals surface area contributed by atoms with E-state index in [4.69, 9.17) is 16.3 Å². The summed E-state index contributed by atoms with van der Waals surface area (Å²) in [6, 6.07) is 1.46. The van der Waals surface area contributed by atoms with Gasteiger partial charge in [-0.3, -0.25) is 4.79 Å². The van der Waals surface area contributed by atoms with Gasteiger partial charge in [-0.15, -0.1) is 0 Å². The Kier molecular flexibility index (Phi) is 5.11. The summed E-state index contributed by atoms with van der Waals surface area (Å²) in [4.78, 5) is 9.94. The zero-order chi connectivity index (χ0) is 18.9. The third kappa shape index (κ3) is 5.48. The standard InChI is InChI=1S/C16H20ClF5O2S/c1-2-3-11-4-6-12(7-5-11)16(23)24-13-8-9-15(14(17)10-13)25(18,19,20,21)22/h8-12H,2-7H2,1H3. The van der Waals surface area contributed by atoms with Crippen molar-refractivity contribution in [2.75, 3.05) is 0 Å². The van der Waals surface area contributed by atoms with Crippen LogP contribution in [0.25, 0.3) is 0 Å². The number of carbonyl (C=O) groups is 1. The molecule has 144 valence electrons. The minimum atomic E-state index is -9.87. The highest BCUT2D eigenvalue weighted by Gasteiger charge is 2.66. The minimum Gasteiger partial charge on any atom is -0.426 e. The summed E-state index contributed by atoms with van der Waals surface area (Å²) in [6.07, 6.45) is 5.29. The molecule has 1 saturated carbocycles. The normalized spacial score (nSPS) is 24.3. The second-order valence-corrected chi connectivity index (χ2v) is 9.27. The van der Waals surface area contributed by atoms with Crippen molar-refractivity contribution in [3.8, 4) is 5.75 Å². The molecule has 1 fully saturated rings. The highest BCUT2D eigenvalue weighted by molar-refractivity contribution is 8.45. The lowest BCUT2D eigenvalue weighted by Crippen LogP contribution is -2.25. The lowest BCUT2D eigenvalue weighted by atomic mass is 9.80. The van der Waals surface area contributed by atoms with Crippen molar-refractivity contribution in [2.24, 2.45) is 11.8 Å². The number of hydrogen-bond acceptors (Lipinski definition) is 2. The fourth-order valence-corrected chi connectivity index (χ4v) is 4.51. The van der Waals surface area contributed by atoms with Crippen LogP contribution in [0.1, 0.15) is 45.4 Å². The predicted octanol–water partition coefficient (Wildman–Crippen LogP) is 7.51. The number of ether oxygens (including phenoxy) is 1. The first kappa shape index (κ1) is 20.3. The Bertz CT molecular complexity index is 654. The van der Waals surface area contributed by atoms with Crippen LogP contribution in [0.2, 0.25) is 5.02 Å². The Labute approximate surface area is 148 Å². The molecule has 1 aromatic rings.